The van der Waals surface area contributed by atoms with Gasteiger partial charge in [-0.25, -0.2) is 0 Å². The van der Waals surface area contributed by atoms with Crippen molar-refractivity contribution in [1.29, 1.82) is 0 Å². The molecule has 0 aromatic carbocycles. The number of carbonyl (C=O) groups excluding carboxylic acids is 1. The van der Waals surface area contributed by atoms with Crippen LogP contribution >= 0.6 is 0 Å². The topological polar surface area (TPSA) is 88.4 Å². The Hall–Kier alpha value is -1.44. The zero-order chi connectivity index (χ0) is 13.2. The van der Waals surface area contributed by atoms with Crippen LogP contribution in [0.25, 0.3) is 0 Å². The molecule has 102 valence electrons. The summed E-state index contributed by atoms with van der Waals surface area (Å²) in [5, 5.41) is 18.5. The molecule has 0 saturated carbocycles. The Morgan fingerprint density at radius 1 is 1.61 bits per heavy atom. The molecular weight excluding hydrogens is 236 g/mol. The third-order valence-electron chi connectivity index (χ3n) is 2.26. The molecule has 0 unspecified atom stereocenters. The van der Waals surface area contributed by atoms with Gasteiger partial charge in [0.25, 0.3) is 0 Å². The molecule has 1 aromatic heterocycles. The second-order valence-electron chi connectivity index (χ2n) is 3.78. The highest BCUT2D eigenvalue weighted by molar-refractivity contribution is 5.77. The summed E-state index contributed by atoms with van der Waals surface area (Å²) in [6.45, 7) is 2.41. The van der Waals surface area contributed by atoms with Gasteiger partial charge in [0.05, 0.1) is 32.5 Å². The molecule has 1 amide bonds. The molecule has 0 saturated heterocycles. The van der Waals surface area contributed by atoms with E-state index >= 15 is 0 Å². The van der Waals surface area contributed by atoms with Crippen LogP contribution in [-0.4, -0.2) is 54.2 Å². The van der Waals surface area contributed by atoms with Gasteiger partial charge in [-0.3, -0.25) is 9.48 Å². The van der Waals surface area contributed by atoms with Crippen LogP contribution in [0.3, 0.4) is 0 Å². The SMILES string of the molecule is COCCNC(=O)CNCc1cnn(CCO)c1. The van der Waals surface area contributed by atoms with Crippen LogP contribution in [0, 0.1) is 0 Å². The summed E-state index contributed by atoms with van der Waals surface area (Å²) in [6, 6.07) is 0. The number of hydrogen-bond donors (Lipinski definition) is 3. The Kier molecular flexibility index (Phi) is 7.00. The van der Waals surface area contributed by atoms with Gasteiger partial charge in [-0.1, -0.05) is 0 Å². The van der Waals surface area contributed by atoms with Gasteiger partial charge in [-0.05, 0) is 0 Å². The molecule has 0 aliphatic heterocycles. The molecule has 1 aromatic rings. The fourth-order valence-corrected chi connectivity index (χ4v) is 1.40. The Bertz CT molecular complexity index is 354. The van der Waals surface area contributed by atoms with Gasteiger partial charge in [-0.15, -0.1) is 0 Å². The van der Waals surface area contributed by atoms with Gasteiger partial charge >= 0.3 is 0 Å². The molecular formula is C11H20N4O3. The minimum Gasteiger partial charge on any atom is -0.394 e. The number of carbonyl (C=O) groups is 1. The van der Waals surface area contributed by atoms with E-state index in [2.05, 4.69) is 15.7 Å². The number of nitrogens with zero attached hydrogens (tertiary/aromatic N) is 2. The fraction of sp³-hybridized carbons (Fsp3) is 0.636. The first-order chi connectivity index (χ1) is 8.76. The van der Waals surface area contributed by atoms with Crippen LogP contribution in [0.5, 0.6) is 0 Å². The lowest BCUT2D eigenvalue weighted by Gasteiger charge is -2.05. The molecule has 0 bridgehead atoms. The molecule has 3 N–H and O–H groups in total. The molecule has 0 aliphatic rings. The van der Waals surface area contributed by atoms with E-state index in [0.29, 0.717) is 26.2 Å². The average molecular weight is 256 g/mol. The maximum absolute atomic E-state index is 11.3. The number of rotatable bonds is 9. The normalized spacial score (nSPS) is 10.6. The number of methoxy groups -OCH3 is 1. The molecule has 0 spiro atoms. The van der Waals surface area contributed by atoms with E-state index in [1.54, 1.807) is 18.0 Å². The molecule has 0 atom stereocenters. The van der Waals surface area contributed by atoms with E-state index in [-0.39, 0.29) is 19.1 Å². The third kappa shape index (κ3) is 5.76. The van der Waals surface area contributed by atoms with Gasteiger partial charge in [0.15, 0.2) is 0 Å². The summed E-state index contributed by atoms with van der Waals surface area (Å²) in [5.41, 5.74) is 0.980. The van der Waals surface area contributed by atoms with E-state index in [4.69, 9.17) is 9.84 Å². The summed E-state index contributed by atoms with van der Waals surface area (Å²) in [4.78, 5) is 11.3. The Morgan fingerprint density at radius 3 is 3.17 bits per heavy atom. The summed E-state index contributed by atoms with van der Waals surface area (Å²) >= 11 is 0. The van der Waals surface area contributed by atoms with Crippen LogP contribution in [0.1, 0.15) is 5.56 Å². The molecule has 0 aliphatic carbocycles. The third-order valence-corrected chi connectivity index (χ3v) is 2.26. The standard InChI is InChI=1S/C11H20N4O3/c1-18-5-2-13-11(17)8-12-6-10-7-14-15(9-10)3-4-16/h7,9,12,16H,2-6,8H2,1H3,(H,13,17). The van der Waals surface area contributed by atoms with Gasteiger partial charge in [-0.2, -0.15) is 5.10 Å². The summed E-state index contributed by atoms with van der Waals surface area (Å²) in [5.74, 6) is -0.0604. The van der Waals surface area contributed by atoms with E-state index < -0.39 is 0 Å². The largest absolute Gasteiger partial charge is 0.394 e. The van der Waals surface area contributed by atoms with Gasteiger partial charge < -0.3 is 20.5 Å². The highest BCUT2D eigenvalue weighted by Gasteiger charge is 2.01. The van der Waals surface area contributed by atoms with Crippen molar-refractivity contribution in [2.24, 2.45) is 0 Å². The monoisotopic (exact) mass is 256 g/mol. The van der Waals surface area contributed by atoms with E-state index in [1.807, 2.05) is 6.20 Å². The van der Waals surface area contributed by atoms with Crippen molar-refractivity contribution < 1.29 is 14.6 Å². The lowest BCUT2D eigenvalue weighted by Crippen LogP contribution is -2.35. The zero-order valence-electron chi connectivity index (χ0n) is 10.6. The lowest BCUT2D eigenvalue weighted by molar-refractivity contribution is -0.120. The van der Waals surface area contributed by atoms with E-state index in [0.717, 1.165) is 5.56 Å². The first-order valence-electron chi connectivity index (χ1n) is 5.85. The van der Waals surface area contributed by atoms with Crippen molar-refractivity contribution in [2.45, 2.75) is 13.1 Å². The quantitative estimate of drug-likeness (QED) is 0.479. The highest BCUT2D eigenvalue weighted by Crippen LogP contribution is 1.96. The van der Waals surface area contributed by atoms with Gasteiger partial charge in [0.2, 0.25) is 5.91 Å². The number of amides is 1. The van der Waals surface area contributed by atoms with Crippen molar-refractivity contribution in [3.63, 3.8) is 0 Å². The first-order valence-corrected chi connectivity index (χ1v) is 5.85. The maximum atomic E-state index is 11.3. The van der Waals surface area contributed by atoms with E-state index in [9.17, 15) is 4.79 Å². The van der Waals surface area contributed by atoms with Crippen molar-refractivity contribution in [2.75, 3.05) is 33.4 Å². The predicted molar refractivity (Wildman–Crippen MR) is 65.9 cm³/mol. The van der Waals surface area contributed by atoms with Crippen molar-refractivity contribution in [3.05, 3.63) is 18.0 Å². The van der Waals surface area contributed by atoms with Gasteiger partial charge in [0.1, 0.15) is 0 Å². The number of aliphatic hydroxyl groups excluding tert-OH is 1. The smallest absolute Gasteiger partial charge is 0.234 e. The van der Waals surface area contributed by atoms with Crippen LogP contribution in [0.4, 0.5) is 0 Å². The summed E-state index contributed by atoms with van der Waals surface area (Å²) in [7, 11) is 1.59. The second-order valence-corrected chi connectivity index (χ2v) is 3.78. The summed E-state index contributed by atoms with van der Waals surface area (Å²) in [6.07, 6.45) is 3.55. The van der Waals surface area contributed by atoms with Gasteiger partial charge in [0, 0.05) is 32.0 Å². The Morgan fingerprint density at radius 2 is 2.44 bits per heavy atom. The van der Waals surface area contributed by atoms with Crippen molar-refractivity contribution >= 4 is 5.91 Å². The Balaban J connectivity index is 2.14. The van der Waals surface area contributed by atoms with E-state index in [1.165, 1.54) is 0 Å². The van der Waals surface area contributed by atoms with Crippen LogP contribution in [-0.2, 0) is 22.6 Å². The molecule has 1 rings (SSSR count). The number of ether oxygens (including phenoxy) is 1. The molecule has 0 radical (unpaired) electrons. The minimum absolute atomic E-state index is 0.0604. The molecule has 7 nitrogen and oxygen atoms in total. The molecule has 7 heteroatoms. The van der Waals surface area contributed by atoms with Crippen molar-refractivity contribution in [3.8, 4) is 0 Å². The number of hydrogen-bond acceptors (Lipinski definition) is 5. The number of aromatic nitrogens is 2. The highest BCUT2D eigenvalue weighted by atomic mass is 16.5. The fourth-order valence-electron chi connectivity index (χ4n) is 1.40. The molecule has 0 fully saturated rings. The second kappa shape index (κ2) is 8.62. The molecule has 1 heterocycles. The van der Waals surface area contributed by atoms with Crippen LogP contribution in [0.15, 0.2) is 12.4 Å². The van der Waals surface area contributed by atoms with Crippen molar-refractivity contribution in [1.82, 2.24) is 20.4 Å². The lowest BCUT2D eigenvalue weighted by atomic mass is 10.3. The number of aliphatic hydroxyl groups is 1. The zero-order valence-corrected chi connectivity index (χ0v) is 10.6. The number of nitrogens with one attached hydrogen (secondary N) is 2. The first kappa shape index (κ1) is 14.6. The molecule has 18 heavy (non-hydrogen) atoms. The van der Waals surface area contributed by atoms with Crippen LogP contribution < -0.4 is 10.6 Å². The maximum Gasteiger partial charge on any atom is 0.234 e. The predicted octanol–water partition coefficient (Wildman–Crippen LogP) is -1.27. The minimum atomic E-state index is -0.0604. The Labute approximate surface area is 106 Å². The average Bonchev–Trinajstić information content (AvgIpc) is 2.78. The summed E-state index contributed by atoms with van der Waals surface area (Å²) < 4.78 is 6.49. The van der Waals surface area contributed by atoms with Crippen LogP contribution in [0.2, 0.25) is 0 Å².